The Bertz CT molecular complexity index is 1160. The van der Waals surface area contributed by atoms with E-state index in [1.54, 1.807) is 7.05 Å². The van der Waals surface area contributed by atoms with Crippen molar-refractivity contribution in [1.29, 1.82) is 0 Å². The van der Waals surface area contributed by atoms with E-state index in [9.17, 15) is 14.4 Å². The quantitative estimate of drug-likeness (QED) is 0.769. The van der Waals surface area contributed by atoms with Crippen molar-refractivity contribution in [2.75, 3.05) is 0 Å². The van der Waals surface area contributed by atoms with E-state index in [4.69, 9.17) is 0 Å². The number of aryl methyl sites for hydroxylation is 1. The Kier molecular flexibility index (Phi) is 3.88. The van der Waals surface area contributed by atoms with Crippen molar-refractivity contribution < 1.29 is 4.79 Å². The third kappa shape index (κ3) is 2.69. The average Bonchev–Trinajstić information content (AvgIpc) is 2.64. The molecule has 0 aliphatic heterocycles. The predicted octanol–water partition coefficient (Wildman–Crippen LogP) is 2.08. The maximum Gasteiger partial charge on any atom is 0.329 e. The Labute approximate surface area is 148 Å². The van der Waals surface area contributed by atoms with Gasteiger partial charge < -0.3 is 0 Å². The average molecular weight is 347 g/mol. The van der Waals surface area contributed by atoms with Crippen molar-refractivity contribution in [3.05, 3.63) is 80.1 Å². The molecule has 2 heterocycles. The van der Waals surface area contributed by atoms with E-state index in [1.807, 2.05) is 42.5 Å². The monoisotopic (exact) mass is 347 g/mol. The van der Waals surface area contributed by atoms with E-state index in [-0.39, 0.29) is 11.7 Å². The molecule has 130 valence electrons. The Morgan fingerprint density at radius 2 is 1.92 bits per heavy atom. The highest BCUT2D eigenvalue weighted by atomic mass is 16.2. The zero-order valence-corrected chi connectivity index (χ0v) is 14.2. The first kappa shape index (κ1) is 16.2. The summed E-state index contributed by atoms with van der Waals surface area (Å²) in [7, 11) is 1.55. The highest BCUT2D eigenvalue weighted by molar-refractivity contribution is 6.02. The third-order valence-electron chi connectivity index (χ3n) is 4.81. The molecule has 0 spiro atoms. The molecule has 6 nitrogen and oxygen atoms in total. The maximum absolute atomic E-state index is 12.6. The Morgan fingerprint density at radius 3 is 2.69 bits per heavy atom. The summed E-state index contributed by atoms with van der Waals surface area (Å²) in [5, 5.41) is 0.329. The molecule has 0 radical (unpaired) electrons. The first-order valence-electron chi connectivity index (χ1n) is 8.42. The number of rotatable bonds is 2. The summed E-state index contributed by atoms with van der Waals surface area (Å²) in [4.78, 5) is 43.2. The summed E-state index contributed by atoms with van der Waals surface area (Å²) in [5.74, 6) is -0.0333. The molecule has 1 aromatic carbocycles. The van der Waals surface area contributed by atoms with Gasteiger partial charge in [-0.25, -0.2) is 9.78 Å². The van der Waals surface area contributed by atoms with Crippen LogP contribution in [-0.2, 0) is 13.5 Å². The Balaban J connectivity index is 1.81. The van der Waals surface area contributed by atoms with Crippen molar-refractivity contribution in [2.45, 2.75) is 12.8 Å². The maximum atomic E-state index is 12.6. The largest absolute Gasteiger partial charge is 0.329 e. The fourth-order valence-electron chi connectivity index (χ4n) is 3.45. The van der Waals surface area contributed by atoms with Gasteiger partial charge in [0.15, 0.2) is 5.78 Å². The molecule has 0 bridgehead atoms. The van der Waals surface area contributed by atoms with Crippen molar-refractivity contribution >= 4 is 22.9 Å². The van der Waals surface area contributed by atoms with Gasteiger partial charge in [0.25, 0.3) is 5.56 Å². The molecule has 4 rings (SSSR count). The van der Waals surface area contributed by atoms with E-state index in [0.29, 0.717) is 35.0 Å². The Morgan fingerprint density at radius 1 is 1.15 bits per heavy atom. The molecule has 0 unspecified atom stereocenters. The number of hydrogen-bond donors (Lipinski definition) is 1. The van der Waals surface area contributed by atoms with Crippen LogP contribution >= 0.6 is 0 Å². The number of pyridine rings is 1. The minimum Gasteiger partial charge on any atom is -0.294 e. The number of nitrogens with zero attached hydrogens (tertiary/aromatic N) is 2. The number of H-pyrrole nitrogens is 1. The molecule has 6 heteroatoms. The van der Waals surface area contributed by atoms with Crippen molar-refractivity contribution in [3.8, 4) is 0 Å². The normalized spacial score (nSPS) is 17.0. The second kappa shape index (κ2) is 6.22. The molecule has 0 fully saturated rings. The van der Waals surface area contributed by atoms with Crippen molar-refractivity contribution in [3.63, 3.8) is 0 Å². The van der Waals surface area contributed by atoms with E-state index in [2.05, 4.69) is 9.97 Å². The van der Waals surface area contributed by atoms with Crippen molar-refractivity contribution in [1.82, 2.24) is 14.5 Å². The van der Waals surface area contributed by atoms with Gasteiger partial charge in [-0.05, 0) is 23.5 Å². The molecule has 1 aliphatic carbocycles. The summed E-state index contributed by atoms with van der Waals surface area (Å²) >= 11 is 0. The highest BCUT2D eigenvalue weighted by Crippen LogP contribution is 2.29. The number of benzene rings is 1. The van der Waals surface area contributed by atoms with Crippen LogP contribution in [-0.4, -0.2) is 20.3 Å². The standard InChI is InChI=1S/C20H17N3O3/c1-23-18-17(19(25)22-20(23)26)14-9-13(10-16(24)15(14)11-21-18)8-7-12-5-3-2-4-6-12/h2-8,11,13H,9-10H2,1H3,(H,22,25,26)/b8-7+/t13-/m0/s1. The summed E-state index contributed by atoms with van der Waals surface area (Å²) in [6.07, 6.45) is 6.43. The fourth-order valence-corrected chi connectivity index (χ4v) is 3.45. The summed E-state index contributed by atoms with van der Waals surface area (Å²) in [6, 6.07) is 9.86. The zero-order chi connectivity index (χ0) is 18.3. The van der Waals surface area contributed by atoms with Gasteiger partial charge in [-0.15, -0.1) is 0 Å². The zero-order valence-electron chi connectivity index (χ0n) is 14.2. The number of carbonyl (C=O) groups is 1. The highest BCUT2D eigenvalue weighted by Gasteiger charge is 2.27. The van der Waals surface area contributed by atoms with Gasteiger partial charge in [-0.3, -0.25) is 19.1 Å². The fraction of sp³-hybridized carbons (Fsp3) is 0.200. The van der Waals surface area contributed by atoms with Crippen LogP contribution in [0.25, 0.3) is 17.1 Å². The van der Waals surface area contributed by atoms with Crippen LogP contribution in [0.1, 0.15) is 27.9 Å². The van der Waals surface area contributed by atoms with Gasteiger partial charge in [-0.2, -0.15) is 0 Å². The second-order valence-corrected chi connectivity index (χ2v) is 6.53. The van der Waals surface area contributed by atoms with Crippen LogP contribution in [0.3, 0.4) is 0 Å². The molecular weight excluding hydrogens is 330 g/mol. The van der Waals surface area contributed by atoms with Crippen LogP contribution in [0.2, 0.25) is 0 Å². The molecule has 0 saturated heterocycles. The molecule has 1 atom stereocenters. The lowest BCUT2D eigenvalue weighted by Crippen LogP contribution is -2.31. The smallest absolute Gasteiger partial charge is 0.294 e. The number of carbonyl (C=O) groups excluding carboxylic acids is 1. The third-order valence-corrected chi connectivity index (χ3v) is 4.81. The lowest BCUT2D eigenvalue weighted by molar-refractivity contribution is 0.0959. The lowest BCUT2D eigenvalue weighted by Gasteiger charge is -2.22. The Hall–Kier alpha value is -3.28. The number of aromatic amines is 1. The minimum absolute atomic E-state index is 0.00237. The summed E-state index contributed by atoms with van der Waals surface area (Å²) in [5.41, 5.74) is 1.51. The minimum atomic E-state index is -0.516. The van der Waals surface area contributed by atoms with Crippen LogP contribution in [0, 0.1) is 5.92 Å². The summed E-state index contributed by atoms with van der Waals surface area (Å²) in [6.45, 7) is 0. The molecule has 2 aromatic heterocycles. The first-order chi connectivity index (χ1) is 12.5. The van der Waals surface area contributed by atoms with Gasteiger partial charge in [0.2, 0.25) is 0 Å². The number of ketones is 1. The number of nitrogens with one attached hydrogen (secondary N) is 1. The molecule has 1 N–H and O–H groups in total. The predicted molar refractivity (Wildman–Crippen MR) is 99.2 cm³/mol. The molecule has 1 aliphatic rings. The van der Waals surface area contributed by atoms with Gasteiger partial charge in [0.05, 0.1) is 5.39 Å². The molecule has 0 saturated carbocycles. The van der Waals surface area contributed by atoms with Gasteiger partial charge in [-0.1, -0.05) is 42.5 Å². The topological polar surface area (TPSA) is 84.8 Å². The molecule has 26 heavy (non-hydrogen) atoms. The van der Waals surface area contributed by atoms with E-state index in [0.717, 1.165) is 5.56 Å². The molecular formula is C20H17N3O3. The molecule has 3 aromatic rings. The van der Waals surface area contributed by atoms with E-state index >= 15 is 0 Å². The van der Waals surface area contributed by atoms with Crippen molar-refractivity contribution in [2.24, 2.45) is 13.0 Å². The first-order valence-corrected chi connectivity index (χ1v) is 8.42. The van der Waals surface area contributed by atoms with Crippen LogP contribution < -0.4 is 11.2 Å². The molecule has 0 amide bonds. The van der Waals surface area contributed by atoms with Gasteiger partial charge >= 0.3 is 5.69 Å². The number of allylic oxidation sites excluding steroid dienone is 1. The number of aromatic nitrogens is 3. The van der Waals surface area contributed by atoms with Gasteiger partial charge in [0.1, 0.15) is 5.65 Å². The van der Waals surface area contributed by atoms with E-state index < -0.39 is 11.2 Å². The number of hydrogen-bond acceptors (Lipinski definition) is 4. The number of Topliss-reactive ketones (excluding diaryl/α,β-unsaturated/α-hetero) is 1. The van der Waals surface area contributed by atoms with Crippen LogP contribution in [0.5, 0.6) is 0 Å². The van der Waals surface area contributed by atoms with Crippen LogP contribution in [0.15, 0.2) is 52.2 Å². The lowest BCUT2D eigenvalue weighted by atomic mass is 9.82. The van der Waals surface area contributed by atoms with Crippen LogP contribution in [0.4, 0.5) is 0 Å². The van der Waals surface area contributed by atoms with Gasteiger partial charge in [0, 0.05) is 25.2 Å². The van der Waals surface area contributed by atoms with E-state index in [1.165, 1.54) is 10.8 Å². The SMILES string of the molecule is Cn1c(=O)[nH]c(=O)c2c3c(cnc21)C(=O)C[C@@H](/C=C/c1ccccc1)C3. The number of fused-ring (bicyclic) bond motifs is 3. The second-order valence-electron chi connectivity index (χ2n) is 6.53. The summed E-state index contributed by atoms with van der Waals surface area (Å²) < 4.78 is 1.30.